The molecule has 2 rings (SSSR count). The van der Waals surface area contributed by atoms with Gasteiger partial charge in [-0.1, -0.05) is 11.6 Å². The molecule has 0 bridgehead atoms. The fourth-order valence-electron chi connectivity index (χ4n) is 1.41. The summed E-state index contributed by atoms with van der Waals surface area (Å²) in [6.45, 7) is 3.85. The quantitative estimate of drug-likeness (QED) is 0.838. The number of hydrogen-bond acceptors (Lipinski definition) is 4. The lowest BCUT2D eigenvalue weighted by Crippen LogP contribution is -2.21. The molecule has 0 aliphatic heterocycles. The van der Waals surface area contributed by atoms with E-state index in [2.05, 4.69) is 21.8 Å². The average molecular weight is 254 g/mol. The minimum Gasteiger partial charge on any atom is -0.344 e. The fraction of sp³-hybridized carbons (Fsp3) is 0.273. The molecule has 0 atom stereocenters. The van der Waals surface area contributed by atoms with E-state index in [0.717, 1.165) is 18.2 Å². The molecule has 3 nitrogen and oxygen atoms in total. The van der Waals surface area contributed by atoms with Crippen LogP contribution in [0.25, 0.3) is 0 Å². The molecule has 0 N–H and O–H groups in total. The molecule has 84 valence electrons. The Kier molecular flexibility index (Phi) is 3.74. The predicted octanol–water partition coefficient (Wildman–Crippen LogP) is 3.22. The number of pyridine rings is 1. The summed E-state index contributed by atoms with van der Waals surface area (Å²) in [6.07, 6.45) is 3.61. The third kappa shape index (κ3) is 2.71. The maximum Gasteiger partial charge on any atom is 0.187 e. The zero-order valence-corrected chi connectivity index (χ0v) is 10.5. The van der Waals surface area contributed by atoms with Crippen LogP contribution < -0.4 is 4.90 Å². The van der Waals surface area contributed by atoms with Crippen LogP contribution in [0.15, 0.2) is 29.9 Å². The molecule has 0 unspecified atom stereocenters. The molecule has 5 heteroatoms. The van der Waals surface area contributed by atoms with Crippen molar-refractivity contribution in [3.8, 4) is 0 Å². The van der Waals surface area contributed by atoms with Crippen LogP contribution in [0.5, 0.6) is 0 Å². The topological polar surface area (TPSA) is 29.0 Å². The van der Waals surface area contributed by atoms with Gasteiger partial charge in [-0.2, -0.15) is 0 Å². The Bertz CT molecular complexity index is 444. The number of aromatic nitrogens is 2. The molecular formula is C11H12ClN3S. The van der Waals surface area contributed by atoms with E-state index in [1.165, 1.54) is 5.56 Å². The molecule has 0 aliphatic carbocycles. The van der Waals surface area contributed by atoms with Crippen LogP contribution in [0.4, 0.5) is 5.13 Å². The van der Waals surface area contributed by atoms with Crippen molar-refractivity contribution < 1.29 is 0 Å². The highest BCUT2D eigenvalue weighted by Gasteiger charge is 2.09. The number of anilines is 1. The first-order valence-electron chi connectivity index (χ1n) is 5.04. The van der Waals surface area contributed by atoms with Crippen LogP contribution in [-0.2, 0) is 6.54 Å². The van der Waals surface area contributed by atoms with Gasteiger partial charge in [0.2, 0.25) is 0 Å². The molecule has 0 saturated carbocycles. The van der Waals surface area contributed by atoms with Crippen LogP contribution in [0.3, 0.4) is 0 Å². The van der Waals surface area contributed by atoms with Crippen LogP contribution in [-0.4, -0.2) is 16.5 Å². The summed E-state index contributed by atoms with van der Waals surface area (Å²) in [4.78, 5) is 10.5. The van der Waals surface area contributed by atoms with Gasteiger partial charge in [-0.15, -0.1) is 11.3 Å². The molecule has 2 aromatic heterocycles. The van der Waals surface area contributed by atoms with Gasteiger partial charge in [-0.3, -0.25) is 4.98 Å². The molecule has 0 spiro atoms. The van der Waals surface area contributed by atoms with E-state index >= 15 is 0 Å². The van der Waals surface area contributed by atoms with Crippen molar-refractivity contribution >= 4 is 28.1 Å². The SMILES string of the molecule is CCN(Cc1ccncc1)c1nc(Cl)cs1. The number of hydrogen-bond donors (Lipinski definition) is 0. The fourth-order valence-corrected chi connectivity index (χ4v) is 2.43. The highest BCUT2D eigenvalue weighted by atomic mass is 35.5. The van der Waals surface area contributed by atoms with Crippen molar-refractivity contribution in [3.63, 3.8) is 0 Å². The molecule has 0 radical (unpaired) electrons. The van der Waals surface area contributed by atoms with E-state index < -0.39 is 0 Å². The monoisotopic (exact) mass is 253 g/mol. The molecular weight excluding hydrogens is 242 g/mol. The van der Waals surface area contributed by atoms with Gasteiger partial charge in [0.15, 0.2) is 5.13 Å². The predicted molar refractivity (Wildman–Crippen MR) is 68.1 cm³/mol. The Morgan fingerprint density at radius 2 is 2.12 bits per heavy atom. The number of rotatable bonds is 4. The Balaban J connectivity index is 2.12. The molecule has 2 aromatic rings. The first-order valence-corrected chi connectivity index (χ1v) is 6.30. The first kappa shape index (κ1) is 11.4. The third-order valence-electron chi connectivity index (χ3n) is 2.24. The van der Waals surface area contributed by atoms with Gasteiger partial charge in [-0.05, 0) is 24.6 Å². The first-order chi connectivity index (χ1) is 7.79. The maximum atomic E-state index is 5.83. The smallest absolute Gasteiger partial charge is 0.187 e. The molecule has 0 aromatic carbocycles. The summed E-state index contributed by atoms with van der Waals surface area (Å²) < 4.78 is 0. The summed E-state index contributed by atoms with van der Waals surface area (Å²) in [5.41, 5.74) is 1.23. The van der Waals surface area contributed by atoms with Crippen molar-refractivity contribution in [3.05, 3.63) is 40.6 Å². The summed E-state index contributed by atoms with van der Waals surface area (Å²) in [5, 5.41) is 3.38. The highest BCUT2D eigenvalue weighted by molar-refractivity contribution is 7.14. The van der Waals surface area contributed by atoms with Gasteiger partial charge in [0.05, 0.1) is 0 Å². The minimum atomic E-state index is 0.563. The van der Waals surface area contributed by atoms with Crippen LogP contribution in [0, 0.1) is 0 Å². The second kappa shape index (κ2) is 5.27. The van der Waals surface area contributed by atoms with Crippen molar-refractivity contribution in [1.29, 1.82) is 0 Å². The van der Waals surface area contributed by atoms with Gasteiger partial charge in [0.25, 0.3) is 0 Å². The Morgan fingerprint density at radius 1 is 1.38 bits per heavy atom. The van der Waals surface area contributed by atoms with Crippen molar-refractivity contribution in [2.45, 2.75) is 13.5 Å². The lowest BCUT2D eigenvalue weighted by atomic mass is 10.2. The van der Waals surface area contributed by atoms with E-state index in [4.69, 9.17) is 11.6 Å². The second-order valence-electron chi connectivity index (χ2n) is 3.32. The Morgan fingerprint density at radius 3 is 2.69 bits per heavy atom. The molecule has 0 amide bonds. The van der Waals surface area contributed by atoms with Gasteiger partial charge < -0.3 is 4.90 Å². The van der Waals surface area contributed by atoms with E-state index in [0.29, 0.717) is 5.15 Å². The minimum absolute atomic E-state index is 0.563. The average Bonchev–Trinajstić information content (AvgIpc) is 2.74. The molecule has 0 aliphatic rings. The Labute approximate surface area is 104 Å². The lowest BCUT2D eigenvalue weighted by Gasteiger charge is -2.19. The van der Waals surface area contributed by atoms with Gasteiger partial charge in [0, 0.05) is 30.9 Å². The molecule has 2 heterocycles. The summed E-state index contributed by atoms with van der Waals surface area (Å²) in [6, 6.07) is 4.02. The van der Waals surface area contributed by atoms with Crippen molar-refractivity contribution in [1.82, 2.24) is 9.97 Å². The van der Waals surface area contributed by atoms with Crippen LogP contribution in [0.1, 0.15) is 12.5 Å². The van der Waals surface area contributed by atoms with E-state index in [1.54, 1.807) is 23.7 Å². The molecule has 16 heavy (non-hydrogen) atoms. The summed E-state index contributed by atoms with van der Waals surface area (Å²) in [7, 11) is 0. The number of nitrogens with zero attached hydrogens (tertiary/aromatic N) is 3. The van der Waals surface area contributed by atoms with Crippen LogP contribution >= 0.6 is 22.9 Å². The zero-order valence-electron chi connectivity index (χ0n) is 8.93. The zero-order chi connectivity index (χ0) is 11.4. The van der Waals surface area contributed by atoms with Crippen molar-refractivity contribution in [2.24, 2.45) is 0 Å². The standard InChI is InChI=1S/C11H12ClN3S/c1-2-15(11-14-10(12)8-16-11)7-9-3-5-13-6-4-9/h3-6,8H,2,7H2,1H3. The van der Waals surface area contributed by atoms with Gasteiger partial charge in [-0.25, -0.2) is 4.98 Å². The van der Waals surface area contributed by atoms with Gasteiger partial charge in [0.1, 0.15) is 5.15 Å². The van der Waals surface area contributed by atoms with E-state index in [9.17, 15) is 0 Å². The summed E-state index contributed by atoms with van der Waals surface area (Å²) in [5.74, 6) is 0. The van der Waals surface area contributed by atoms with E-state index in [-0.39, 0.29) is 0 Å². The molecule has 0 saturated heterocycles. The molecule has 0 fully saturated rings. The second-order valence-corrected chi connectivity index (χ2v) is 4.55. The largest absolute Gasteiger partial charge is 0.344 e. The van der Waals surface area contributed by atoms with Crippen molar-refractivity contribution in [2.75, 3.05) is 11.4 Å². The normalized spacial score (nSPS) is 10.4. The third-order valence-corrected chi connectivity index (χ3v) is 3.46. The van der Waals surface area contributed by atoms with Gasteiger partial charge >= 0.3 is 0 Å². The Hall–Kier alpha value is -1.13. The number of halogens is 1. The van der Waals surface area contributed by atoms with E-state index in [1.807, 2.05) is 17.5 Å². The highest BCUT2D eigenvalue weighted by Crippen LogP contribution is 2.24. The number of thiazole rings is 1. The van der Waals surface area contributed by atoms with Crippen LogP contribution in [0.2, 0.25) is 5.15 Å². The maximum absolute atomic E-state index is 5.83. The summed E-state index contributed by atoms with van der Waals surface area (Å²) >= 11 is 7.40. The lowest BCUT2D eigenvalue weighted by molar-refractivity contribution is 0.825.